The Morgan fingerprint density at radius 1 is 0.786 bits per heavy atom. The molecule has 0 aliphatic carbocycles. The Labute approximate surface area is 165 Å². The van der Waals surface area contributed by atoms with E-state index in [0.717, 1.165) is 5.56 Å². The largest absolute Gasteiger partial charge is 0.314 e. The van der Waals surface area contributed by atoms with Gasteiger partial charge in [0.1, 0.15) is 0 Å². The van der Waals surface area contributed by atoms with E-state index in [4.69, 9.17) is 0 Å². The van der Waals surface area contributed by atoms with Crippen molar-refractivity contribution in [3.05, 3.63) is 96.6 Å². The highest BCUT2D eigenvalue weighted by Gasteiger charge is 2.28. The fourth-order valence-electron chi connectivity index (χ4n) is 2.81. The van der Waals surface area contributed by atoms with Crippen molar-refractivity contribution in [1.29, 1.82) is 0 Å². The lowest BCUT2D eigenvalue weighted by atomic mass is 10.2. The molecule has 1 amide bonds. The van der Waals surface area contributed by atoms with Gasteiger partial charge in [0, 0.05) is 19.3 Å². The molecule has 3 aromatic rings. The van der Waals surface area contributed by atoms with E-state index in [-0.39, 0.29) is 23.9 Å². The number of anilines is 1. The van der Waals surface area contributed by atoms with Crippen LogP contribution in [0.3, 0.4) is 0 Å². The highest BCUT2D eigenvalue weighted by atomic mass is 32.2. The molecule has 0 saturated carbocycles. The zero-order valence-corrected chi connectivity index (χ0v) is 16.4. The van der Waals surface area contributed by atoms with Gasteiger partial charge < -0.3 is 4.90 Å². The Morgan fingerprint density at radius 3 is 1.86 bits per heavy atom. The standard InChI is InChI=1S/C22H22N2O3S/c1-23(20-13-7-3-8-14-20)22(25)18-24(17-19-11-5-2-6-12-19)28(26,27)21-15-9-4-10-16-21/h2-16H,17-18H2,1H3. The number of para-hydroxylation sites is 1. The van der Waals surface area contributed by atoms with Gasteiger partial charge in [0.2, 0.25) is 15.9 Å². The van der Waals surface area contributed by atoms with Crippen molar-refractivity contribution in [2.45, 2.75) is 11.4 Å². The molecule has 0 atom stereocenters. The lowest BCUT2D eigenvalue weighted by Crippen LogP contribution is -2.41. The van der Waals surface area contributed by atoms with Gasteiger partial charge in [-0.2, -0.15) is 4.31 Å². The van der Waals surface area contributed by atoms with Crippen molar-refractivity contribution in [2.75, 3.05) is 18.5 Å². The maximum Gasteiger partial charge on any atom is 0.243 e. The van der Waals surface area contributed by atoms with Crippen molar-refractivity contribution < 1.29 is 13.2 Å². The van der Waals surface area contributed by atoms with Gasteiger partial charge in [0.05, 0.1) is 11.4 Å². The zero-order valence-electron chi connectivity index (χ0n) is 15.6. The number of likely N-dealkylation sites (N-methyl/N-ethyl adjacent to an activating group) is 1. The number of nitrogens with zero attached hydrogens (tertiary/aromatic N) is 2. The molecule has 144 valence electrons. The molecular weight excluding hydrogens is 372 g/mol. The number of rotatable bonds is 7. The molecule has 0 fully saturated rings. The topological polar surface area (TPSA) is 57.7 Å². The molecule has 3 rings (SSSR count). The molecule has 6 heteroatoms. The van der Waals surface area contributed by atoms with Crippen molar-refractivity contribution in [2.24, 2.45) is 0 Å². The van der Waals surface area contributed by atoms with E-state index in [1.165, 1.54) is 9.21 Å². The minimum absolute atomic E-state index is 0.117. The molecule has 0 spiro atoms. The molecular formula is C22H22N2O3S. The molecule has 0 aliphatic rings. The van der Waals surface area contributed by atoms with Crippen LogP contribution >= 0.6 is 0 Å². The van der Waals surface area contributed by atoms with Crippen LogP contribution in [0.4, 0.5) is 5.69 Å². The van der Waals surface area contributed by atoms with Gasteiger partial charge in [-0.15, -0.1) is 0 Å². The summed E-state index contributed by atoms with van der Waals surface area (Å²) in [7, 11) is -2.18. The van der Waals surface area contributed by atoms with E-state index in [0.29, 0.717) is 5.69 Å². The van der Waals surface area contributed by atoms with Crippen molar-refractivity contribution >= 4 is 21.6 Å². The number of carbonyl (C=O) groups excluding carboxylic acids is 1. The van der Waals surface area contributed by atoms with Gasteiger partial charge in [0.15, 0.2) is 0 Å². The quantitative estimate of drug-likeness (QED) is 0.616. The van der Waals surface area contributed by atoms with Gasteiger partial charge in [0.25, 0.3) is 0 Å². The first-order chi connectivity index (χ1) is 13.5. The molecule has 0 radical (unpaired) electrons. The predicted molar refractivity (Wildman–Crippen MR) is 110 cm³/mol. The number of amides is 1. The normalized spacial score (nSPS) is 11.4. The average Bonchev–Trinajstić information content (AvgIpc) is 2.74. The Balaban J connectivity index is 1.89. The number of hydrogen-bond donors (Lipinski definition) is 0. The third-order valence-corrected chi connectivity index (χ3v) is 6.22. The summed E-state index contributed by atoms with van der Waals surface area (Å²) in [5.41, 5.74) is 1.53. The van der Waals surface area contributed by atoms with Gasteiger partial charge in [-0.3, -0.25) is 4.79 Å². The van der Waals surface area contributed by atoms with Crippen LogP contribution in [0, 0.1) is 0 Å². The van der Waals surface area contributed by atoms with Crippen molar-refractivity contribution in [3.8, 4) is 0 Å². The Morgan fingerprint density at radius 2 is 1.29 bits per heavy atom. The molecule has 0 aromatic heterocycles. The molecule has 0 bridgehead atoms. The number of carbonyl (C=O) groups is 1. The summed E-state index contributed by atoms with van der Waals surface area (Å²) >= 11 is 0. The first-order valence-electron chi connectivity index (χ1n) is 8.89. The lowest BCUT2D eigenvalue weighted by Gasteiger charge is -2.25. The highest BCUT2D eigenvalue weighted by Crippen LogP contribution is 2.19. The molecule has 0 unspecified atom stereocenters. The SMILES string of the molecule is CN(C(=O)CN(Cc1ccccc1)S(=O)(=O)c1ccccc1)c1ccccc1. The minimum Gasteiger partial charge on any atom is -0.314 e. The van der Waals surface area contributed by atoms with E-state index in [9.17, 15) is 13.2 Å². The van der Waals surface area contributed by atoms with Crippen LogP contribution in [-0.4, -0.2) is 32.2 Å². The first kappa shape index (κ1) is 19.8. The smallest absolute Gasteiger partial charge is 0.243 e. The van der Waals surface area contributed by atoms with Crippen molar-refractivity contribution in [3.63, 3.8) is 0 Å². The van der Waals surface area contributed by atoms with Gasteiger partial charge >= 0.3 is 0 Å². The fourth-order valence-corrected chi connectivity index (χ4v) is 4.21. The Hall–Kier alpha value is -2.96. The van der Waals surface area contributed by atoms with Gasteiger partial charge in [-0.1, -0.05) is 66.7 Å². The number of benzene rings is 3. The van der Waals surface area contributed by atoms with Crippen LogP contribution in [-0.2, 0) is 21.4 Å². The summed E-state index contributed by atoms with van der Waals surface area (Å²) in [4.78, 5) is 14.5. The van der Waals surface area contributed by atoms with Crippen LogP contribution in [0.15, 0.2) is 95.9 Å². The van der Waals surface area contributed by atoms with Gasteiger partial charge in [-0.05, 0) is 29.8 Å². The molecule has 0 heterocycles. The molecule has 3 aromatic carbocycles. The minimum atomic E-state index is -3.82. The fraction of sp³-hybridized carbons (Fsp3) is 0.136. The summed E-state index contributed by atoms with van der Waals surface area (Å²) < 4.78 is 27.6. The second-order valence-corrected chi connectivity index (χ2v) is 8.30. The third-order valence-electron chi connectivity index (χ3n) is 4.41. The van der Waals surface area contributed by atoms with E-state index >= 15 is 0 Å². The van der Waals surface area contributed by atoms with Crippen LogP contribution in [0.25, 0.3) is 0 Å². The lowest BCUT2D eigenvalue weighted by molar-refractivity contribution is -0.118. The molecule has 0 saturated heterocycles. The number of sulfonamides is 1. The molecule has 28 heavy (non-hydrogen) atoms. The van der Waals surface area contributed by atoms with E-state index in [1.807, 2.05) is 60.7 Å². The monoisotopic (exact) mass is 394 g/mol. The van der Waals surface area contributed by atoms with E-state index in [2.05, 4.69) is 0 Å². The van der Waals surface area contributed by atoms with E-state index in [1.54, 1.807) is 37.4 Å². The van der Waals surface area contributed by atoms with Crippen LogP contribution < -0.4 is 4.90 Å². The maximum atomic E-state index is 13.2. The van der Waals surface area contributed by atoms with Crippen LogP contribution in [0.1, 0.15) is 5.56 Å². The Bertz CT molecular complexity index is 1010. The second-order valence-electron chi connectivity index (χ2n) is 6.36. The summed E-state index contributed by atoms with van der Waals surface area (Å²) in [5.74, 6) is -0.304. The van der Waals surface area contributed by atoms with E-state index < -0.39 is 10.0 Å². The third kappa shape index (κ3) is 4.65. The first-order valence-corrected chi connectivity index (χ1v) is 10.3. The average molecular weight is 394 g/mol. The highest BCUT2D eigenvalue weighted by molar-refractivity contribution is 7.89. The Kier molecular flexibility index (Phi) is 6.23. The summed E-state index contributed by atoms with van der Waals surface area (Å²) in [6, 6.07) is 26.6. The summed E-state index contributed by atoms with van der Waals surface area (Å²) in [6.07, 6.45) is 0. The number of hydrogen-bond acceptors (Lipinski definition) is 3. The molecule has 0 N–H and O–H groups in total. The van der Waals surface area contributed by atoms with Crippen LogP contribution in [0.5, 0.6) is 0 Å². The van der Waals surface area contributed by atoms with Gasteiger partial charge in [-0.25, -0.2) is 8.42 Å². The molecule has 0 aliphatic heterocycles. The van der Waals surface area contributed by atoms with Crippen LogP contribution in [0.2, 0.25) is 0 Å². The van der Waals surface area contributed by atoms with Crippen molar-refractivity contribution in [1.82, 2.24) is 4.31 Å². The second kappa shape index (κ2) is 8.82. The molecule has 5 nitrogen and oxygen atoms in total. The predicted octanol–water partition coefficient (Wildman–Crippen LogP) is 3.54. The summed E-state index contributed by atoms with van der Waals surface area (Å²) in [6.45, 7) is -0.135. The summed E-state index contributed by atoms with van der Waals surface area (Å²) in [5, 5.41) is 0. The zero-order chi connectivity index (χ0) is 20.0. The maximum absolute atomic E-state index is 13.2.